The van der Waals surface area contributed by atoms with Crippen LogP contribution in [0.25, 0.3) is 0 Å². The molecule has 0 spiro atoms. The second-order valence-corrected chi connectivity index (χ2v) is 4.25. The van der Waals surface area contributed by atoms with E-state index < -0.39 is 0 Å². The monoisotopic (exact) mass is 217 g/mol. The van der Waals surface area contributed by atoms with Crippen molar-refractivity contribution in [2.45, 2.75) is 26.3 Å². The molecule has 0 amide bonds. The fourth-order valence-corrected chi connectivity index (χ4v) is 2.18. The van der Waals surface area contributed by atoms with Crippen molar-refractivity contribution in [3.8, 4) is 0 Å². The molecule has 0 radical (unpaired) electrons. The number of rotatable bonds is 3. The zero-order valence-electron chi connectivity index (χ0n) is 10.2. The van der Waals surface area contributed by atoms with Gasteiger partial charge in [-0.05, 0) is 43.7 Å². The molecule has 1 atom stereocenters. The van der Waals surface area contributed by atoms with Gasteiger partial charge in [0, 0.05) is 6.42 Å². The van der Waals surface area contributed by atoms with E-state index in [0.29, 0.717) is 0 Å². The molecular weight excluding hydrogens is 198 g/mol. The summed E-state index contributed by atoms with van der Waals surface area (Å²) in [4.78, 5) is 0. The van der Waals surface area contributed by atoms with Crippen LogP contribution in [0.2, 0.25) is 0 Å². The van der Waals surface area contributed by atoms with Crippen molar-refractivity contribution in [3.05, 3.63) is 46.7 Å². The van der Waals surface area contributed by atoms with E-state index in [4.69, 9.17) is 4.74 Å². The number of likely N-dealkylation sites (N-methyl/N-ethyl adjacent to an activating group) is 1. The first kappa shape index (κ1) is 11.2. The van der Waals surface area contributed by atoms with Crippen molar-refractivity contribution in [1.29, 1.82) is 0 Å². The van der Waals surface area contributed by atoms with Crippen LogP contribution < -0.4 is 5.32 Å². The molecule has 16 heavy (non-hydrogen) atoms. The number of nitrogens with one attached hydrogen (secondary N) is 1. The Hall–Kier alpha value is -1.28. The number of hydrogen-bond donors (Lipinski definition) is 1. The number of hydrogen-bond acceptors (Lipinski definition) is 2. The third-order valence-corrected chi connectivity index (χ3v) is 3.26. The molecule has 2 rings (SSSR count). The Morgan fingerprint density at radius 2 is 2.12 bits per heavy atom. The molecule has 0 fully saturated rings. The highest BCUT2D eigenvalue weighted by atomic mass is 16.5. The first-order valence-corrected chi connectivity index (χ1v) is 5.80. The smallest absolute Gasteiger partial charge is 0.114 e. The Kier molecular flexibility index (Phi) is 3.30. The van der Waals surface area contributed by atoms with Crippen LogP contribution in [-0.4, -0.2) is 13.7 Å². The summed E-state index contributed by atoms with van der Waals surface area (Å²) in [5, 5.41) is 3.34. The molecule has 2 nitrogen and oxygen atoms in total. The standard InChI is InChI=1S/C14H19NO/c1-10-6-4-7-12(11(10)2)14(15-3)13-8-5-9-16-13/h4,6-8,14-15H,5,9H2,1-3H3. The molecule has 1 aliphatic heterocycles. The highest BCUT2D eigenvalue weighted by Gasteiger charge is 2.20. The van der Waals surface area contributed by atoms with Crippen LogP contribution in [0.5, 0.6) is 0 Å². The minimum Gasteiger partial charge on any atom is -0.496 e. The van der Waals surface area contributed by atoms with Crippen molar-refractivity contribution < 1.29 is 4.74 Å². The number of benzene rings is 1. The summed E-state index contributed by atoms with van der Waals surface area (Å²) in [6, 6.07) is 6.63. The third-order valence-electron chi connectivity index (χ3n) is 3.26. The average molecular weight is 217 g/mol. The molecular formula is C14H19NO. The van der Waals surface area contributed by atoms with Crippen molar-refractivity contribution in [3.63, 3.8) is 0 Å². The van der Waals surface area contributed by atoms with E-state index in [1.54, 1.807) is 0 Å². The molecule has 1 aromatic carbocycles. The first-order valence-electron chi connectivity index (χ1n) is 5.80. The lowest BCUT2D eigenvalue weighted by molar-refractivity contribution is 0.218. The maximum atomic E-state index is 5.65. The van der Waals surface area contributed by atoms with Crippen LogP contribution in [0.1, 0.15) is 29.2 Å². The molecule has 1 heterocycles. The van der Waals surface area contributed by atoms with Gasteiger partial charge in [-0.25, -0.2) is 0 Å². The Morgan fingerprint density at radius 3 is 2.75 bits per heavy atom. The van der Waals surface area contributed by atoms with Gasteiger partial charge in [-0.2, -0.15) is 0 Å². The predicted octanol–water partition coefficient (Wildman–Crippen LogP) is 2.87. The van der Waals surface area contributed by atoms with Gasteiger partial charge in [-0.15, -0.1) is 0 Å². The number of ether oxygens (including phenoxy) is 1. The van der Waals surface area contributed by atoms with Gasteiger partial charge in [-0.3, -0.25) is 0 Å². The van der Waals surface area contributed by atoms with Crippen molar-refractivity contribution in [2.24, 2.45) is 0 Å². The molecule has 0 saturated heterocycles. The molecule has 86 valence electrons. The molecule has 0 saturated carbocycles. The van der Waals surface area contributed by atoms with E-state index in [1.165, 1.54) is 16.7 Å². The first-order chi connectivity index (χ1) is 7.74. The highest BCUT2D eigenvalue weighted by Crippen LogP contribution is 2.29. The average Bonchev–Trinajstić information content (AvgIpc) is 2.79. The van der Waals surface area contributed by atoms with E-state index in [2.05, 4.69) is 43.4 Å². The summed E-state index contributed by atoms with van der Waals surface area (Å²) in [5.41, 5.74) is 3.99. The molecule has 1 aromatic rings. The van der Waals surface area contributed by atoms with Gasteiger partial charge in [0.15, 0.2) is 0 Å². The van der Waals surface area contributed by atoms with Gasteiger partial charge in [0.25, 0.3) is 0 Å². The van der Waals surface area contributed by atoms with Crippen LogP contribution in [0, 0.1) is 13.8 Å². The molecule has 0 aliphatic carbocycles. The highest BCUT2D eigenvalue weighted by molar-refractivity contribution is 5.38. The van der Waals surface area contributed by atoms with Gasteiger partial charge >= 0.3 is 0 Å². The SMILES string of the molecule is CNC(C1=CCCO1)c1cccc(C)c1C. The van der Waals surface area contributed by atoms with Crippen LogP contribution >= 0.6 is 0 Å². The van der Waals surface area contributed by atoms with Crippen molar-refractivity contribution >= 4 is 0 Å². The Bertz CT molecular complexity index is 409. The van der Waals surface area contributed by atoms with Crippen LogP contribution in [0.3, 0.4) is 0 Å². The minimum absolute atomic E-state index is 0.197. The van der Waals surface area contributed by atoms with Gasteiger partial charge in [-0.1, -0.05) is 18.2 Å². The molecule has 0 aromatic heterocycles. The fourth-order valence-electron chi connectivity index (χ4n) is 2.18. The van der Waals surface area contributed by atoms with E-state index in [1.807, 2.05) is 7.05 Å². The maximum Gasteiger partial charge on any atom is 0.114 e. The summed E-state index contributed by atoms with van der Waals surface area (Å²) < 4.78 is 5.65. The zero-order valence-corrected chi connectivity index (χ0v) is 10.2. The quantitative estimate of drug-likeness (QED) is 0.840. The summed E-state index contributed by atoms with van der Waals surface area (Å²) in [6.07, 6.45) is 3.21. The molecule has 1 N–H and O–H groups in total. The maximum absolute atomic E-state index is 5.65. The van der Waals surface area contributed by atoms with Crippen LogP contribution in [0.15, 0.2) is 30.0 Å². The third kappa shape index (κ3) is 1.98. The van der Waals surface area contributed by atoms with E-state index in [0.717, 1.165) is 18.8 Å². The second kappa shape index (κ2) is 4.71. The summed E-state index contributed by atoms with van der Waals surface area (Å²) in [6.45, 7) is 5.14. The lowest BCUT2D eigenvalue weighted by Gasteiger charge is -2.20. The Morgan fingerprint density at radius 1 is 1.31 bits per heavy atom. The van der Waals surface area contributed by atoms with Gasteiger partial charge in [0.05, 0.1) is 12.6 Å². The minimum atomic E-state index is 0.197. The van der Waals surface area contributed by atoms with E-state index in [9.17, 15) is 0 Å². The number of aryl methyl sites for hydroxylation is 1. The van der Waals surface area contributed by atoms with Gasteiger partial charge in [0.1, 0.15) is 5.76 Å². The molecule has 1 aliphatic rings. The molecule has 1 unspecified atom stereocenters. The van der Waals surface area contributed by atoms with Crippen LogP contribution in [-0.2, 0) is 4.74 Å². The molecule has 2 heteroatoms. The molecule has 0 bridgehead atoms. The zero-order chi connectivity index (χ0) is 11.5. The largest absolute Gasteiger partial charge is 0.496 e. The predicted molar refractivity (Wildman–Crippen MR) is 66.4 cm³/mol. The van der Waals surface area contributed by atoms with E-state index >= 15 is 0 Å². The topological polar surface area (TPSA) is 21.3 Å². The normalized spacial score (nSPS) is 16.8. The Balaban J connectivity index is 2.36. The van der Waals surface area contributed by atoms with Gasteiger partial charge < -0.3 is 10.1 Å². The fraction of sp³-hybridized carbons (Fsp3) is 0.429. The lowest BCUT2D eigenvalue weighted by Crippen LogP contribution is -2.20. The van der Waals surface area contributed by atoms with Crippen LogP contribution in [0.4, 0.5) is 0 Å². The van der Waals surface area contributed by atoms with Crippen molar-refractivity contribution in [2.75, 3.05) is 13.7 Å². The van der Waals surface area contributed by atoms with Gasteiger partial charge in [0.2, 0.25) is 0 Å². The Labute approximate surface area is 97.3 Å². The lowest BCUT2D eigenvalue weighted by atomic mass is 9.96. The van der Waals surface area contributed by atoms with Crippen molar-refractivity contribution in [1.82, 2.24) is 5.32 Å². The summed E-state index contributed by atoms with van der Waals surface area (Å²) in [7, 11) is 1.98. The van der Waals surface area contributed by atoms with E-state index in [-0.39, 0.29) is 6.04 Å². The second-order valence-electron chi connectivity index (χ2n) is 4.25. The summed E-state index contributed by atoms with van der Waals surface area (Å²) >= 11 is 0. The summed E-state index contributed by atoms with van der Waals surface area (Å²) in [5.74, 6) is 1.07.